The molecule has 0 saturated heterocycles. The molecule has 0 bridgehead atoms. The number of aliphatic hydroxyl groups is 1. The Labute approximate surface area is 94.5 Å². The Bertz CT molecular complexity index is 331. The predicted molar refractivity (Wildman–Crippen MR) is 59.5 cm³/mol. The van der Waals surface area contributed by atoms with Gasteiger partial charge in [0.2, 0.25) is 0 Å². The van der Waals surface area contributed by atoms with Crippen molar-refractivity contribution >= 4 is 5.97 Å². The lowest BCUT2D eigenvalue weighted by Crippen LogP contribution is -2.12. The summed E-state index contributed by atoms with van der Waals surface area (Å²) in [5, 5.41) is 17.4. The van der Waals surface area contributed by atoms with Crippen LogP contribution in [0, 0.1) is 5.92 Å². The van der Waals surface area contributed by atoms with Crippen molar-refractivity contribution in [2.45, 2.75) is 13.3 Å². The van der Waals surface area contributed by atoms with Gasteiger partial charge in [-0.15, -0.1) is 0 Å². The van der Waals surface area contributed by atoms with Crippen molar-refractivity contribution in [3.63, 3.8) is 0 Å². The molecule has 0 saturated carbocycles. The fourth-order valence-electron chi connectivity index (χ4n) is 1.17. The average molecular weight is 224 g/mol. The summed E-state index contributed by atoms with van der Waals surface area (Å²) in [5.41, 5.74) is 0.745. The topological polar surface area (TPSA) is 66.8 Å². The molecule has 1 atom stereocenters. The Morgan fingerprint density at radius 2 is 2.00 bits per heavy atom. The van der Waals surface area contributed by atoms with Crippen molar-refractivity contribution in [1.29, 1.82) is 0 Å². The number of carboxylic acids is 1. The zero-order chi connectivity index (χ0) is 12.0. The predicted octanol–water partition coefficient (Wildman–Crippen LogP) is 1.32. The van der Waals surface area contributed by atoms with Gasteiger partial charge in [-0.05, 0) is 17.7 Å². The first-order valence-electron chi connectivity index (χ1n) is 5.16. The van der Waals surface area contributed by atoms with Crippen LogP contribution in [0.4, 0.5) is 0 Å². The van der Waals surface area contributed by atoms with E-state index in [2.05, 4.69) is 0 Å². The number of benzene rings is 1. The average Bonchev–Trinajstić information content (AvgIpc) is 2.27. The Kier molecular flexibility index (Phi) is 4.79. The quantitative estimate of drug-likeness (QED) is 0.764. The van der Waals surface area contributed by atoms with Gasteiger partial charge in [-0.1, -0.05) is 19.1 Å². The highest BCUT2D eigenvalue weighted by Gasteiger charge is 2.03. The minimum absolute atomic E-state index is 0.0212. The number of carboxylic acid groups (broad SMARTS) is 1. The van der Waals surface area contributed by atoms with Crippen LogP contribution in [0.5, 0.6) is 5.75 Å². The molecule has 4 heteroatoms. The summed E-state index contributed by atoms with van der Waals surface area (Å²) in [6.45, 7) is 2.44. The first-order valence-corrected chi connectivity index (χ1v) is 5.16. The normalized spacial score (nSPS) is 12.1. The molecule has 1 aromatic rings. The summed E-state index contributed by atoms with van der Waals surface area (Å²) in [5.74, 6) is -0.0595. The second kappa shape index (κ2) is 6.12. The second-order valence-corrected chi connectivity index (χ2v) is 3.81. The van der Waals surface area contributed by atoms with E-state index < -0.39 is 5.97 Å². The molecule has 0 radical (unpaired) electrons. The van der Waals surface area contributed by atoms with Crippen LogP contribution < -0.4 is 4.74 Å². The van der Waals surface area contributed by atoms with Crippen LogP contribution in [0.2, 0.25) is 0 Å². The second-order valence-electron chi connectivity index (χ2n) is 3.81. The molecule has 0 fully saturated rings. The van der Waals surface area contributed by atoms with Crippen LogP contribution in [-0.4, -0.2) is 29.4 Å². The van der Waals surface area contributed by atoms with Crippen molar-refractivity contribution in [1.82, 2.24) is 0 Å². The number of aliphatic carboxylic acids is 1. The summed E-state index contributed by atoms with van der Waals surface area (Å²) in [6.07, 6.45) is 0.0212. The molecule has 88 valence electrons. The summed E-state index contributed by atoms with van der Waals surface area (Å²) < 4.78 is 5.41. The summed E-state index contributed by atoms with van der Waals surface area (Å²) in [4.78, 5) is 10.4. The zero-order valence-corrected chi connectivity index (χ0v) is 9.22. The molecule has 2 N–H and O–H groups in total. The van der Waals surface area contributed by atoms with Gasteiger partial charge in [0, 0.05) is 12.5 Å². The van der Waals surface area contributed by atoms with Crippen molar-refractivity contribution < 1.29 is 19.7 Å². The molecular weight excluding hydrogens is 208 g/mol. The van der Waals surface area contributed by atoms with E-state index in [1.54, 1.807) is 24.3 Å². The van der Waals surface area contributed by atoms with Gasteiger partial charge in [0.1, 0.15) is 5.75 Å². The standard InChI is InChI=1S/C12H16O4/c1-9(7-13)8-16-11-4-2-10(3-5-11)6-12(14)15/h2-5,9,13H,6-8H2,1H3,(H,14,15). The molecule has 1 aromatic carbocycles. The molecule has 0 aliphatic rings. The molecule has 16 heavy (non-hydrogen) atoms. The summed E-state index contributed by atoms with van der Waals surface area (Å²) in [6, 6.07) is 6.94. The van der Waals surface area contributed by atoms with Crippen LogP contribution in [0.15, 0.2) is 24.3 Å². The van der Waals surface area contributed by atoms with E-state index in [9.17, 15) is 4.79 Å². The largest absolute Gasteiger partial charge is 0.493 e. The number of hydrogen-bond donors (Lipinski definition) is 2. The lowest BCUT2D eigenvalue weighted by atomic mass is 10.1. The number of ether oxygens (including phenoxy) is 1. The maximum atomic E-state index is 10.4. The Morgan fingerprint density at radius 1 is 1.38 bits per heavy atom. The number of rotatable bonds is 6. The minimum Gasteiger partial charge on any atom is -0.493 e. The van der Waals surface area contributed by atoms with E-state index >= 15 is 0 Å². The van der Waals surface area contributed by atoms with Gasteiger partial charge in [0.05, 0.1) is 13.0 Å². The monoisotopic (exact) mass is 224 g/mol. The highest BCUT2D eigenvalue weighted by atomic mass is 16.5. The van der Waals surface area contributed by atoms with E-state index in [-0.39, 0.29) is 18.9 Å². The van der Waals surface area contributed by atoms with Gasteiger partial charge >= 0.3 is 5.97 Å². The Morgan fingerprint density at radius 3 is 2.50 bits per heavy atom. The highest BCUT2D eigenvalue weighted by molar-refractivity contribution is 5.70. The van der Waals surface area contributed by atoms with Crippen LogP contribution in [0.25, 0.3) is 0 Å². The van der Waals surface area contributed by atoms with Crippen LogP contribution in [0.3, 0.4) is 0 Å². The first kappa shape index (κ1) is 12.5. The molecule has 0 spiro atoms. The molecule has 4 nitrogen and oxygen atoms in total. The van der Waals surface area contributed by atoms with Gasteiger partial charge in [-0.3, -0.25) is 4.79 Å². The number of aliphatic hydroxyl groups excluding tert-OH is 1. The van der Waals surface area contributed by atoms with Crippen LogP contribution in [-0.2, 0) is 11.2 Å². The van der Waals surface area contributed by atoms with E-state index in [4.69, 9.17) is 14.9 Å². The molecule has 0 heterocycles. The third-order valence-corrected chi connectivity index (χ3v) is 2.12. The fraction of sp³-hybridized carbons (Fsp3) is 0.417. The molecule has 0 amide bonds. The molecular formula is C12H16O4. The van der Waals surface area contributed by atoms with Gasteiger partial charge in [0.25, 0.3) is 0 Å². The molecule has 0 aliphatic carbocycles. The molecule has 1 unspecified atom stereocenters. The van der Waals surface area contributed by atoms with E-state index in [1.807, 2.05) is 6.92 Å². The lowest BCUT2D eigenvalue weighted by Gasteiger charge is -2.10. The zero-order valence-electron chi connectivity index (χ0n) is 9.22. The van der Waals surface area contributed by atoms with Crippen molar-refractivity contribution in [2.75, 3.05) is 13.2 Å². The maximum absolute atomic E-state index is 10.4. The van der Waals surface area contributed by atoms with Gasteiger partial charge in [-0.25, -0.2) is 0 Å². The van der Waals surface area contributed by atoms with E-state index in [0.29, 0.717) is 12.4 Å². The van der Waals surface area contributed by atoms with Crippen molar-refractivity contribution in [2.24, 2.45) is 5.92 Å². The molecule has 0 aromatic heterocycles. The summed E-state index contributed by atoms with van der Waals surface area (Å²) in [7, 11) is 0. The van der Waals surface area contributed by atoms with Crippen molar-refractivity contribution in [3.8, 4) is 5.75 Å². The Hall–Kier alpha value is -1.55. The van der Waals surface area contributed by atoms with Gasteiger partial charge in [0.15, 0.2) is 0 Å². The molecule has 1 rings (SSSR count). The third kappa shape index (κ3) is 4.31. The minimum atomic E-state index is -0.845. The number of carbonyl (C=O) groups is 1. The first-order chi connectivity index (χ1) is 7.61. The maximum Gasteiger partial charge on any atom is 0.307 e. The van der Waals surface area contributed by atoms with Gasteiger partial charge < -0.3 is 14.9 Å². The van der Waals surface area contributed by atoms with E-state index in [0.717, 1.165) is 5.56 Å². The highest BCUT2D eigenvalue weighted by Crippen LogP contribution is 2.13. The summed E-state index contributed by atoms with van der Waals surface area (Å²) >= 11 is 0. The lowest BCUT2D eigenvalue weighted by molar-refractivity contribution is -0.136. The Balaban J connectivity index is 2.48. The van der Waals surface area contributed by atoms with E-state index in [1.165, 1.54) is 0 Å². The third-order valence-electron chi connectivity index (χ3n) is 2.12. The van der Waals surface area contributed by atoms with Crippen LogP contribution >= 0.6 is 0 Å². The molecule has 0 aliphatic heterocycles. The van der Waals surface area contributed by atoms with Gasteiger partial charge in [-0.2, -0.15) is 0 Å². The SMILES string of the molecule is CC(CO)COc1ccc(CC(=O)O)cc1. The fourth-order valence-corrected chi connectivity index (χ4v) is 1.17. The smallest absolute Gasteiger partial charge is 0.307 e. The van der Waals surface area contributed by atoms with Crippen molar-refractivity contribution in [3.05, 3.63) is 29.8 Å². The number of hydrogen-bond acceptors (Lipinski definition) is 3. The van der Waals surface area contributed by atoms with Crippen LogP contribution in [0.1, 0.15) is 12.5 Å².